The number of carbonyl (C=O) groups is 1. The maximum atomic E-state index is 15.9. The Morgan fingerprint density at radius 2 is 1.86 bits per heavy atom. The van der Waals surface area contributed by atoms with Crippen LogP contribution in [0.4, 0.5) is 10.1 Å². The van der Waals surface area contributed by atoms with Gasteiger partial charge < -0.3 is 10.3 Å². The Morgan fingerprint density at radius 1 is 1.00 bits per heavy atom. The zero-order valence-corrected chi connectivity index (χ0v) is 19.0. The molecule has 0 atom stereocenters. The quantitative estimate of drug-likeness (QED) is 0.331. The summed E-state index contributed by atoms with van der Waals surface area (Å²) in [5.74, 6) is -0.317. The number of anilines is 1. The van der Waals surface area contributed by atoms with Crippen molar-refractivity contribution in [2.75, 3.05) is 5.32 Å². The zero-order chi connectivity index (χ0) is 24.6. The van der Waals surface area contributed by atoms with Crippen LogP contribution in [0.5, 0.6) is 0 Å². The second kappa shape index (κ2) is 8.62. The fourth-order valence-electron chi connectivity index (χ4n) is 4.00. The van der Waals surface area contributed by atoms with E-state index in [2.05, 4.69) is 40.4 Å². The van der Waals surface area contributed by atoms with Crippen LogP contribution in [-0.2, 0) is 4.79 Å². The molecule has 0 fully saturated rings. The number of amides is 1. The van der Waals surface area contributed by atoms with E-state index in [1.807, 2.05) is 12.1 Å². The molecule has 3 N–H and O–H groups in total. The van der Waals surface area contributed by atoms with Crippen LogP contribution < -0.4 is 5.32 Å². The first-order valence-corrected chi connectivity index (χ1v) is 11.2. The molecule has 0 unspecified atom stereocenters. The molecule has 0 spiro atoms. The number of nitrogens with one attached hydrogen (secondary N) is 3. The smallest absolute Gasteiger partial charge is 0.224 e. The molecule has 0 bridgehead atoms. The Kier molecular flexibility index (Phi) is 5.14. The number of hydrogen-bond donors (Lipinski definition) is 3. The maximum Gasteiger partial charge on any atom is 0.224 e. The largest absolute Gasteiger partial charge is 0.336 e. The molecular formula is C25H18FN9O. The first-order valence-electron chi connectivity index (χ1n) is 11.2. The maximum absolute atomic E-state index is 15.9. The summed E-state index contributed by atoms with van der Waals surface area (Å²) in [7, 11) is 0. The van der Waals surface area contributed by atoms with Crippen LogP contribution in [0.15, 0.2) is 61.4 Å². The lowest BCUT2D eigenvalue weighted by atomic mass is 10.1. The summed E-state index contributed by atoms with van der Waals surface area (Å²) >= 11 is 0. The lowest BCUT2D eigenvalue weighted by Crippen LogP contribution is -2.09. The van der Waals surface area contributed by atoms with E-state index >= 15 is 4.39 Å². The molecule has 0 aliphatic rings. The van der Waals surface area contributed by atoms with Gasteiger partial charge in [-0.3, -0.25) is 24.8 Å². The SMILES string of the molecule is CCC(=O)Nc1cncc(-c2cnc3[nH]nc(-c4nc5c(-c6ccncc6)nccc5[nH]4)c3c2F)c1. The van der Waals surface area contributed by atoms with Gasteiger partial charge in [0.1, 0.15) is 17.0 Å². The third-order valence-corrected chi connectivity index (χ3v) is 5.76. The normalized spacial score (nSPS) is 11.3. The van der Waals surface area contributed by atoms with Crippen molar-refractivity contribution in [2.45, 2.75) is 13.3 Å². The number of imidazole rings is 1. The summed E-state index contributed by atoms with van der Waals surface area (Å²) < 4.78 is 15.9. The van der Waals surface area contributed by atoms with Gasteiger partial charge in [0.2, 0.25) is 5.91 Å². The van der Waals surface area contributed by atoms with Crippen LogP contribution in [0, 0.1) is 5.82 Å². The predicted octanol–water partition coefficient (Wildman–Crippen LogP) is 4.51. The Hall–Kier alpha value is -5.06. The lowest BCUT2D eigenvalue weighted by Gasteiger charge is -2.07. The number of halogens is 1. The number of pyridine rings is 4. The van der Waals surface area contributed by atoms with E-state index in [4.69, 9.17) is 4.98 Å². The van der Waals surface area contributed by atoms with Gasteiger partial charge in [-0.05, 0) is 24.3 Å². The van der Waals surface area contributed by atoms with Crippen molar-refractivity contribution in [3.8, 4) is 33.9 Å². The molecule has 0 aliphatic carbocycles. The van der Waals surface area contributed by atoms with E-state index in [0.29, 0.717) is 34.7 Å². The zero-order valence-electron chi connectivity index (χ0n) is 19.0. The van der Waals surface area contributed by atoms with Gasteiger partial charge in [0.05, 0.1) is 28.5 Å². The van der Waals surface area contributed by atoms with Crippen molar-refractivity contribution in [1.29, 1.82) is 0 Å². The fourth-order valence-corrected chi connectivity index (χ4v) is 4.00. The van der Waals surface area contributed by atoms with Gasteiger partial charge in [0.25, 0.3) is 0 Å². The molecule has 6 aromatic heterocycles. The second-order valence-corrected chi connectivity index (χ2v) is 8.02. The van der Waals surface area contributed by atoms with E-state index < -0.39 is 5.82 Å². The van der Waals surface area contributed by atoms with Crippen LogP contribution in [0.25, 0.3) is 56.0 Å². The van der Waals surface area contributed by atoms with Gasteiger partial charge in [-0.2, -0.15) is 5.10 Å². The Labute approximate surface area is 203 Å². The average Bonchev–Trinajstić information content (AvgIpc) is 3.54. The molecule has 36 heavy (non-hydrogen) atoms. The van der Waals surface area contributed by atoms with Crippen molar-refractivity contribution in [2.24, 2.45) is 0 Å². The number of fused-ring (bicyclic) bond motifs is 2. The van der Waals surface area contributed by atoms with Crippen LogP contribution in [0.1, 0.15) is 13.3 Å². The fraction of sp³-hybridized carbons (Fsp3) is 0.0800. The lowest BCUT2D eigenvalue weighted by molar-refractivity contribution is -0.115. The standard InChI is InChI=1S/C25H18FN9O/c1-2-18(36)31-15-9-14(10-28-11-15)16-12-30-24-19(20(16)26)23(34-35-24)25-32-17-5-8-29-21(22(17)33-25)13-3-6-27-7-4-13/h3-12H,2H2,1H3,(H,31,36)(H,32,33)(H,30,34,35). The molecule has 0 radical (unpaired) electrons. The van der Waals surface area contributed by atoms with E-state index in [1.165, 1.54) is 18.6 Å². The molecule has 0 saturated carbocycles. The summed E-state index contributed by atoms with van der Waals surface area (Å²) in [6, 6.07) is 7.15. The average molecular weight is 479 g/mol. The topological polar surface area (TPSA) is 138 Å². The minimum atomic E-state index is -0.530. The van der Waals surface area contributed by atoms with Gasteiger partial charge in [-0.25, -0.2) is 14.4 Å². The highest BCUT2D eigenvalue weighted by molar-refractivity contribution is 5.97. The molecular weight excluding hydrogens is 461 g/mol. The minimum absolute atomic E-state index is 0.161. The number of H-pyrrole nitrogens is 2. The Balaban J connectivity index is 1.47. The number of aromatic amines is 2. The molecule has 6 aromatic rings. The number of nitrogens with zero attached hydrogens (tertiary/aromatic N) is 6. The summed E-state index contributed by atoms with van der Waals surface area (Å²) in [6.45, 7) is 1.75. The van der Waals surface area contributed by atoms with Crippen molar-refractivity contribution < 1.29 is 9.18 Å². The third-order valence-electron chi connectivity index (χ3n) is 5.76. The van der Waals surface area contributed by atoms with Crippen molar-refractivity contribution in [1.82, 2.24) is 40.1 Å². The van der Waals surface area contributed by atoms with E-state index in [1.54, 1.807) is 37.6 Å². The number of hydrogen-bond acceptors (Lipinski definition) is 7. The highest BCUT2D eigenvalue weighted by Gasteiger charge is 2.21. The minimum Gasteiger partial charge on any atom is -0.336 e. The predicted molar refractivity (Wildman–Crippen MR) is 132 cm³/mol. The first kappa shape index (κ1) is 21.5. The molecule has 1 amide bonds. The molecule has 0 saturated heterocycles. The van der Waals surface area contributed by atoms with Crippen molar-refractivity contribution in [3.63, 3.8) is 0 Å². The Bertz CT molecular complexity index is 1740. The number of aromatic nitrogens is 8. The summed E-state index contributed by atoms with van der Waals surface area (Å²) in [5.41, 5.74) is 4.63. The monoisotopic (exact) mass is 479 g/mol. The van der Waals surface area contributed by atoms with Gasteiger partial charge in [-0.15, -0.1) is 0 Å². The molecule has 6 heterocycles. The summed E-state index contributed by atoms with van der Waals surface area (Å²) in [5, 5.41) is 10.0. The molecule has 0 aromatic carbocycles. The highest BCUT2D eigenvalue weighted by atomic mass is 19.1. The van der Waals surface area contributed by atoms with Crippen LogP contribution >= 0.6 is 0 Å². The molecule has 176 valence electrons. The van der Waals surface area contributed by atoms with Crippen molar-refractivity contribution >= 4 is 33.7 Å². The molecule has 11 heteroatoms. The number of rotatable bonds is 5. The Morgan fingerprint density at radius 3 is 2.69 bits per heavy atom. The van der Waals surface area contributed by atoms with E-state index in [0.717, 1.165) is 11.1 Å². The van der Waals surface area contributed by atoms with E-state index in [9.17, 15) is 4.79 Å². The van der Waals surface area contributed by atoms with Crippen molar-refractivity contribution in [3.05, 3.63) is 67.3 Å². The van der Waals surface area contributed by atoms with Crippen LogP contribution in [0.3, 0.4) is 0 Å². The summed E-state index contributed by atoms with van der Waals surface area (Å²) in [4.78, 5) is 36.7. The van der Waals surface area contributed by atoms with Crippen LogP contribution in [0.2, 0.25) is 0 Å². The first-order chi connectivity index (χ1) is 17.6. The van der Waals surface area contributed by atoms with Gasteiger partial charge >= 0.3 is 0 Å². The van der Waals surface area contributed by atoms with Gasteiger partial charge in [0.15, 0.2) is 11.5 Å². The third kappa shape index (κ3) is 3.63. The van der Waals surface area contributed by atoms with Crippen LogP contribution in [-0.4, -0.2) is 46.0 Å². The van der Waals surface area contributed by atoms with E-state index in [-0.39, 0.29) is 28.2 Å². The second-order valence-electron chi connectivity index (χ2n) is 8.02. The van der Waals surface area contributed by atoms with Gasteiger partial charge in [0, 0.05) is 54.1 Å². The van der Waals surface area contributed by atoms with Gasteiger partial charge in [-0.1, -0.05) is 6.92 Å². The molecule has 0 aliphatic heterocycles. The number of carbonyl (C=O) groups excluding carboxylic acids is 1. The molecule has 6 rings (SSSR count). The summed E-state index contributed by atoms with van der Waals surface area (Å²) in [6.07, 6.45) is 9.80. The molecule has 10 nitrogen and oxygen atoms in total. The highest BCUT2D eigenvalue weighted by Crippen LogP contribution is 2.34.